The van der Waals surface area contributed by atoms with E-state index in [0.29, 0.717) is 6.42 Å². The Morgan fingerprint density at radius 2 is 2.17 bits per heavy atom. The zero-order valence-electron chi connectivity index (χ0n) is 13.2. The number of aliphatic hydroxyl groups is 1. The fourth-order valence-electron chi connectivity index (χ4n) is 3.93. The lowest BCUT2D eigenvalue weighted by Crippen LogP contribution is -2.10. The van der Waals surface area contributed by atoms with E-state index in [4.69, 9.17) is 4.74 Å². The van der Waals surface area contributed by atoms with E-state index in [-0.39, 0.29) is 6.04 Å². The lowest BCUT2D eigenvalue weighted by Gasteiger charge is -2.19. The van der Waals surface area contributed by atoms with Crippen LogP contribution < -0.4 is 4.74 Å². The third kappa shape index (κ3) is 2.00. The minimum absolute atomic E-state index is 0.123. The molecule has 2 aliphatic rings. The van der Waals surface area contributed by atoms with Crippen LogP contribution in [0, 0.1) is 0 Å². The maximum atomic E-state index is 10.8. The van der Waals surface area contributed by atoms with Crippen LogP contribution in [0.5, 0.6) is 5.75 Å². The molecule has 1 N–H and O–H groups in total. The van der Waals surface area contributed by atoms with Gasteiger partial charge in [-0.05, 0) is 28.8 Å². The van der Waals surface area contributed by atoms with Crippen molar-refractivity contribution in [3.63, 3.8) is 0 Å². The topological polar surface area (TPSA) is 47.3 Å². The van der Waals surface area contributed by atoms with Crippen molar-refractivity contribution in [3.8, 4) is 17.0 Å². The number of imidazole rings is 1. The van der Waals surface area contributed by atoms with Crippen LogP contribution in [-0.4, -0.2) is 21.3 Å². The molecule has 3 heterocycles. The summed E-state index contributed by atoms with van der Waals surface area (Å²) in [5.41, 5.74) is 5.77. The number of rotatable bonds is 3. The van der Waals surface area contributed by atoms with Crippen LogP contribution in [0.3, 0.4) is 0 Å². The Morgan fingerprint density at radius 3 is 3.12 bits per heavy atom. The first-order valence-electron chi connectivity index (χ1n) is 8.36. The lowest BCUT2D eigenvalue weighted by atomic mass is 9.95. The van der Waals surface area contributed by atoms with Gasteiger partial charge >= 0.3 is 0 Å². The number of benzene rings is 2. The number of fused-ring (bicyclic) bond motifs is 4. The summed E-state index contributed by atoms with van der Waals surface area (Å²) in [6.45, 7) is 0.739. The molecule has 0 saturated heterocycles. The summed E-state index contributed by atoms with van der Waals surface area (Å²) >= 11 is 0. The summed E-state index contributed by atoms with van der Waals surface area (Å²) in [7, 11) is 0. The molecule has 1 aromatic heterocycles. The second-order valence-corrected chi connectivity index (χ2v) is 6.51. The molecule has 4 nitrogen and oxygen atoms in total. The lowest BCUT2D eigenvalue weighted by molar-refractivity contribution is 0.153. The normalized spacial score (nSPS) is 18.6. The van der Waals surface area contributed by atoms with Gasteiger partial charge in [0.15, 0.2) is 0 Å². The molecule has 0 fully saturated rings. The monoisotopic (exact) mass is 318 g/mol. The largest absolute Gasteiger partial charge is 0.493 e. The minimum atomic E-state index is -0.512. The van der Waals surface area contributed by atoms with Crippen LogP contribution in [0.2, 0.25) is 0 Å². The summed E-state index contributed by atoms with van der Waals surface area (Å²) in [6, 6.07) is 14.6. The summed E-state index contributed by atoms with van der Waals surface area (Å²) < 4.78 is 7.73. The minimum Gasteiger partial charge on any atom is -0.493 e. The number of ether oxygens (including phenoxy) is 1. The van der Waals surface area contributed by atoms with E-state index in [0.717, 1.165) is 30.0 Å². The van der Waals surface area contributed by atoms with Crippen LogP contribution in [0.1, 0.15) is 35.3 Å². The average molecular weight is 318 g/mol. The molecule has 0 unspecified atom stereocenters. The molecule has 5 rings (SSSR count). The van der Waals surface area contributed by atoms with Gasteiger partial charge in [0.2, 0.25) is 0 Å². The molecular weight excluding hydrogens is 300 g/mol. The van der Waals surface area contributed by atoms with Gasteiger partial charge in [-0.1, -0.05) is 30.3 Å². The Bertz CT molecular complexity index is 916. The van der Waals surface area contributed by atoms with Gasteiger partial charge in [-0.15, -0.1) is 0 Å². The highest BCUT2D eigenvalue weighted by Gasteiger charge is 2.30. The third-order valence-corrected chi connectivity index (χ3v) is 5.14. The highest BCUT2D eigenvalue weighted by molar-refractivity contribution is 5.68. The Labute approximate surface area is 140 Å². The van der Waals surface area contributed by atoms with E-state index in [2.05, 4.69) is 39.9 Å². The van der Waals surface area contributed by atoms with Crippen molar-refractivity contribution in [3.05, 3.63) is 71.7 Å². The predicted molar refractivity (Wildman–Crippen MR) is 91.0 cm³/mol. The molecule has 2 aromatic carbocycles. The molecule has 2 atom stereocenters. The molecule has 0 radical (unpaired) electrons. The smallest absolute Gasteiger partial charge is 0.122 e. The highest BCUT2D eigenvalue weighted by atomic mass is 16.5. The molecule has 3 aromatic rings. The highest BCUT2D eigenvalue weighted by Crippen LogP contribution is 2.43. The molecule has 120 valence electrons. The van der Waals surface area contributed by atoms with Gasteiger partial charge in [-0.25, -0.2) is 4.98 Å². The quantitative estimate of drug-likeness (QED) is 0.804. The Morgan fingerprint density at radius 1 is 1.25 bits per heavy atom. The Hall–Kier alpha value is -2.59. The van der Waals surface area contributed by atoms with Crippen LogP contribution in [0.25, 0.3) is 11.3 Å². The maximum absolute atomic E-state index is 10.8. The van der Waals surface area contributed by atoms with Crippen LogP contribution in [0.4, 0.5) is 0 Å². The first kappa shape index (κ1) is 13.8. The number of hydrogen-bond acceptors (Lipinski definition) is 3. The van der Waals surface area contributed by atoms with Crippen molar-refractivity contribution >= 4 is 0 Å². The molecule has 2 aliphatic heterocycles. The summed E-state index contributed by atoms with van der Waals surface area (Å²) in [6.07, 6.45) is 4.82. The maximum Gasteiger partial charge on any atom is 0.122 e. The van der Waals surface area contributed by atoms with E-state index in [9.17, 15) is 5.11 Å². The molecule has 4 heteroatoms. The van der Waals surface area contributed by atoms with Gasteiger partial charge in [-0.3, -0.25) is 0 Å². The summed E-state index contributed by atoms with van der Waals surface area (Å²) in [5.74, 6) is 0.953. The first-order chi connectivity index (χ1) is 11.8. The Balaban J connectivity index is 1.48. The molecule has 0 bridgehead atoms. The average Bonchev–Trinajstić information content (AvgIpc) is 3.31. The van der Waals surface area contributed by atoms with E-state index in [1.807, 2.05) is 24.7 Å². The van der Waals surface area contributed by atoms with E-state index in [1.54, 1.807) is 0 Å². The molecular formula is C20H18N2O2. The van der Waals surface area contributed by atoms with Crippen LogP contribution >= 0.6 is 0 Å². The molecule has 0 amide bonds. The van der Waals surface area contributed by atoms with Crippen LogP contribution in [0.15, 0.2) is 55.0 Å². The Kier molecular flexibility index (Phi) is 3.00. The van der Waals surface area contributed by atoms with Crippen molar-refractivity contribution in [2.75, 3.05) is 6.61 Å². The molecule has 0 spiro atoms. The van der Waals surface area contributed by atoms with Gasteiger partial charge in [0.25, 0.3) is 0 Å². The second kappa shape index (κ2) is 5.21. The number of nitrogens with zero attached hydrogens (tertiary/aromatic N) is 2. The van der Waals surface area contributed by atoms with Gasteiger partial charge in [0, 0.05) is 18.4 Å². The zero-order valence-corrected chi connectivity index (χ0v) is 13.2. The van der Waals surface area contributed by atoms with Gasteiger partial charge in [-0.2, -0.15) is 0 Å². The van der Waals surface area contributed by atoms with E-state index < -0.39 is 6.10 Å². The standard InChI is InChI=1S/C20H18N2O2/c23-19(13-5-6-20-14(9-13)7-8-24-20)10-17-15-3-1-2-4-16(15)18-11-21-12-22(17)18/h1-6,9,11-12,17,19,23H,7-8,10H2/t17-,19-/m1/s1. The zero-order chi connectivity index (χ0) is 16.1. The summed E-state index contributed by atoms with van der Waals surface area (Å²) in [4.78, 5) is 4.28. The van der Waals surface area contributed by atoms with Crippen molar-refractivity contribution in [1.82, 2.24) is 9.55 Å². The molecule has 24 heavy (non-hydrogen) atoms. The van der Waals surface area contributed by atoms with Crippen molar-refractivity contribution in [2.24, 2.45) is 0 Å². The van der Waals surface area contributed by atoms with Crippen LogP contribution in [-0.2, 0) is 6.42 Å². The van der Waals surface area contributed by atoms with Crippen molar-refractivity contribution in [1.29, 1.82) is 0 Å². The van der Waals surface area contributed by atoms with E-state index >= 15 is 0 Å². The fraction of sp³-hybridized carbons (Fsp3) is 0.250. The van der Waals surface area contributed by atoms with Crippen molar-refractivity contribution < 1.29 is 9.84 Å². The van der Waals surface area contributed by atoms with Gasteiger partial charge in [0.05, 0.1) is 37.0 Å². The first-order valence-corrected chi connectivity index (χ1v) is 8.36. The third-order valence-electron chi connectivity index (χ3n) is 5.14. The fourth-order valence-corrected chi connectivity index (χ4v) is 3.93. The number of aromatic nitrogens is 2. The van der Waals surface area contributed by atoms with Gasteiger partial charge < -0.3 is 14.4 Å². The number of hydrogen-bond donors (Lipinski definition) is 1. The SMILES string of the molecule is O[C@H](C[C@@H]1c2ccccc2-c2cncn21)c1ccc2c(c1)CCO2. The number of aliphatic hydroxyl groups excluding tert-OH is 1. The summed E-state index contributed by atoms with van der Waals surface area (Å²) in [5, 5.41) is 10.8. The molecule has 0 aliphatic carbocycles. The molecule has 0 saturated carbocycles. The van der Waals surface area contributed by atoms with E-state index in [1.165, 1.54) is 16.7 Å². The van der Waals surface area contributed by atoms with Crippen molar-refractivity contribution in [2.45, 2.75) is 25.0 Å². The van der Waals surface area contributed by atoms with Gasteiger partial charge in [0.1, 0.15) is 5.75 Å². The second-order valence-electron chi connectivity index (χ2n) is 6.51. The predicted octanol–water partition coefficient (Wildman–Crippen LogP) is 3.51.